The first-order chi connectivity index (χ1) is 11.1. The molecular formula is C16H15N3O3S. The Morgan fingerprint density at radius 3 is 2.91 bits per heavy atom. The van der Waals surface area contributed by atoms with Crippen molar-refractivity contribution in [3.05, 3.63) is 59.5 Å². The van der Waals surface area contributed by atoms with Gasteiger partial charge in [0.15, 0.2) is 5.17 Å². The molecule has 1 aromatic carbocycles. The minimum atomic E-state index is -0.298. The number of hydrogen-bond acceptors (Lipinski definition) is 5. The monoisotopic (exact) mass is 329 g/mol. The lowest BCUT2D eigenvalue weighted by Gasteiger charge is -2.14. The Morgan fingerprint density at radius 1 is 1.35 bits per heavy atom. The first-order valence-corrected chi connectivity index (χ1v) is 8.03. The summed E-state index contributed by atoms with van der Waals surface area (Å²) in [6, 6.07) is 10.8. The zero-order valence-corrected chi connectivity index (χ0v) is 13.3. The van der Waals surface area contributed by atoms with Gasteiger partial charge in [0.25, 0.3) is 5.91 Å². The minimum absolute atomic E-state index is 0.0599. The number of nitrogens with zero attached hydrogens (tertiary/aromatic N) is 2. The summed E-state index contributed by atoms with van der Waals surface area (Å²) in [6.45, 7) is 2.16. The van der Waals surface area contributed by atoms with Gasteiger partial charge in [-0.2, -0.15) is 0 Å². The number of aryl methyl sites for hydroxylation is 1. The number of hydrazone groups is 1. The molecule has 0 bridgehead atoms. The molecule has 118 valence electrons. The molecule has 2 heterocycles. The number of amides is 2. The van der Waals surface area contributed by atoms with Crippen LogP contribution in [0.25, 0.3) is 0 Å². The van der Waals surface area contributed by atoms with Gasteiger partial charge in [-0.25, -0.2) is 5.43 Å². The van der Waals surface area contributed by atoms with Crippen molar-refractivity contribution in [2.24, 2.45) is 5.10 Å². The molecule has 6 nitrogen and oxygen atoms in total. The van der Waals surface area contributed by atoms with Gasteiger partial charge in [0.1, 0.15) is 5.76 Å². The summed E-state index contributed by atoms with van der Waals surface area (Å²) < 4.78 is 5.26. The van der Waals surface area contributed by atoms with Gasteiger partial charge in [-0.3, -0.25) is 14.5 Å². The fourth-order valence-electron chi connectivity index (χ4n) is 2.18. The number of carbonyl (C=O) groups is 2. The van der Waals surface area contributed by atoms with Gasteiger partial charge in [-0.05, 0) is 30.7 Å². The number of nitrogens with one attached hydrogen (secondary N) is 1. The van der Waals surface area contributed by atoms with Gasteiger partial charge >= 0.3 is 0 Å². The van der Waals surface area contributed by atoms with Crippen LogP contribution in [0.4, 0.5) is 0 Å². The topological polar surface area (TPSA) is 74.9 Å². The van der Waals surface area contributed by atoms with Crippen molar-refractivity contribution in [2.75, 3.05) is 5.75 Å². The first kappa shape index (κ1) is 15.4. The largest absolute Gasteiger partial charge is 0.467 e. The highest BCUT2D eigenvalue weighted by molar-refractivity contribution is 8.15. The molecule has 0 atom stereocenters. The van der Waals surface area contributed by atoms with Crippen LogP contribution in [0.3, 0.4) is 0 Å². The number of furan rings is 1. The van der Waals surface area contributed by atoms with E-state index < -0.39 is 0 Å². The maximum Gasteiger partial charge on any atom is 0.271 e. The van der Waals surface area contributed by atoms with Crippen molar-refractivity contribution in [1.82, 2.24) is 10.3 Å². The van der Waals surface area contributed by atoms with Gasteiger partial charge in [0.2, 0.25) is 5.91 Å². The van der Waals surface area contributed by atoms with Crippen LogP contribution in [0, 0.1) is 6.92 Å². The molecule has 0 aliphatic carbocycles. The molecule has 2 amide bonds. The second-order valence-electron chi connectivity index (χ2n) is 5.00. The van der Waals surface area contributed by atoms with Crippen molar-refractivity contribution >= 4 is 28.7 Å². The number of carbonyl (C=O) groups excluding carboxylic acids is 2. The maximum atomic E-state index is 12.2. The molecule has 0 saturated carbocycles. The third-order valence-electron chi connectivity index (χ3n) is 3.39. The molecule has 1 aliphatic rings. The molecule has 3 rings (SSSR count). The number of rotatable bonds is 4. The minimum Gasteiger partial charge on any atom is -0.467 e. The molecule has 0 unspecified atom stereocenters. The SMILES string of the molecule is Cc1ccccc1C(=O)N/N=C1/SCC(=O)N1Cc1ccco1. The Labute approximate surface area is 137 Å². The van der Waals surface area contributed by atoms with E-state index in [1.165, 1.54) is 16.7 Å². The zero-order chi connectivity index (χ0) is 16.2. The van der Waals surface area contributed by atoms with E-state index in [9.17, 15) is 9.59 Å². The highest BCUT2D eigenvalue weighted by Gasteiger charge is 2.29. The molecule has 1 saturated heterocycles. The molecular weight excluding hydrogens is 314 g/mol. The van der Waals surface area contributed by atoms with E-state index in [-0.39, 0.29) is 11.8 Å². The Bertz CT molecular complexity index is 756. The summed E-state index contributed by atoms with van der Waals surface area (Å²) in [5, 5.41) is 4.56. The number of hydrogen-bond donors (Lipinski definition) is 1. The summed E-state index contributed by atoms with van der Waals surface area (Å²) >= 11 is 1.29. The van der Waals surface area contributed by atoms with Crippen molar-refractivity contribution in [2.45, 2.75) is 13.5 Å². The quantitative estimate of drug-likeness (QED) is 0.874. The van der Waals surface area contributed by atoms with Crippen LogP contribution >= 0.6 is 11.8 Å². The van der Waals surface area contributed by atoms with E-state index >= 15 is 0 Å². The van der Waals surface area contributed by atoms with E-state index in [2.05, 4.69) is 10.5 Å². The van der Waals surface area contributed by atoms with Gasteiger partial charge < -0.3 is 4.42 Å². The van der Waals surface area contributed by atoms with E-state index in [0.717, 1.165) is 5.56 Å². The van der Waals surface area contributed by atoms with Gasteiger partial charge in [0.05, 0.1) is 18.6 Å². The average molecular weight is 329 g/mol. The summed E-state index contributed by atoms with van der Waals surface area (Å²) in [4.78, 5) is 25.6. The van der Waals surface area contributed by atoms with E-state index in [1.54, 1.807) is 30.5 Å². The Morgan fingerprint density at radius 2 is 2.17 bits per heavy atom. The second kappa shape index (κ2) is 6.70. The fourth-order valence-corrected chi connectivity index (χ4v) is 3.02. The maximum absolute atomic E-state index is 12.2. The van der Waals surface area contributed by atoms with Crippen LogP contribution in [-0.4, -0.2) is 27.6 Å². The first-order valence-electron chi connectivity index (χ1n) is 7.04. The van der Waals surface area contributed by atoms with Crippen molar-refractivity contribution in [3.8, 4) is 0 Å². The molecule has 1 aromatic heterocycles. The van der Waals surface area contributed by atoms with Crippen LogP contribution in [0.1, 0.15) is 21.7 Å². The summed E-state index contributed by atoms with van der Waals surface area (Å²) in [5.74, 6) is 0.613. The Balaban J connectivity index is 1.72. The third-order valence-corrected chi connectivity index (χ3v) is 4.35. The summed E-state index contributed by atoms with van der Waals surface area (Å²) in [6.07, 6.45) is 1.56. The summed E-state index contributed by atoms with van der Waals surface area (Å²) in [5.41, 5.74) is 3.94. The van der Waals surface area contributed by atoms with Gasteiger partial charge in [0, 0.05) is 5.56 Å². The predicted molar refractivity (Wildman–Crippen MR) is 87.8 cm³/mol. The average Bonchev–Trinajstić information content (AvgIpc) is 3.17. The highest BCUT2D eigenvalue weighted by Crippen LogP contribution is 2.21. The standard InChI is InChI=1S/C16H15N3O3S/c1-11-5-2-3-7-13(11)15(21)17-18-16-19(14(20)10-23-16)9-12-6-4-8-22-12/h2-8H,9-10H2,1H3,(H,17,21)/b18-16+. The van der Waals surface area contributed by atoms with E-state index in [0.29, 0.717) is 28.8 Å². The van der Waals surface area contributed by atoms with Crippen LogP contribution < -0.4 is 5.43 Å². The molecule has 23 heavy (non-hydrogen) atoms. The van der Waals surface area contributed by atoms with Gasteiger partial charge in [-0.1, -0.05) is 30.0 Å². The number of amidine groups is 1. The molecule has 1 aliphatic heterocycles. The van der Waals surface area contributed by atoms with Crippen molar-refractivity contribution < 1.29 is 14.0 Å². The van der Waals surface area contributed by atoms with Gasteiger partial charge in [-0.15, -0.1) is 5.10 Å². The third kappa shape index (κ3) is 3.45. The normalized spacial score (nSPS) is 16.1. The smallest absolute Gasteiger partial charge is 0.271 e. The van der Waals surface area contributed by atoms with E-state index in [4.69, 9.17) is 4.42 Å². The fraction of sp³-hybridized carbons (Fsp3) is 0.188. The molecule has 7 heteroatoms. The highest BCUT2D eigenvalue weighted by atomic mass is 32.2. The van der Waals surface area contributed by atoms with Crippen LogP contribution in [0.15, 0.2) is 52.2 Å². The Kier molecular flexibility index (Phi) is 4.47. The predicted octanol–water partition coefficient (Wildman–Crippen LogP) is 2.36. The molecule has 1 fully saturated rings. The van der Waals surface area contributed by atoms with Crippen molar-refractivity contribution in [1.29, 1.82) is 0 Å². The lowest BCUT2D eigenvalue weighted by molar-refractivity contribution is -0.124. The molecule has 0 spiro atoms. The lowest BCUT2D eigenvalue weighted by atomic mass is 10.1. The zero-order valence-electron chi connectivity index (χ0n) is 12.5. The van der Waals surface area contributed by atoms with Crippen LogP contribution in [0.5, 0.6) is 0 Å². The van der Waals surface area contributed by atoms with Crippen LogP contribution in [-0.2, 0) is 11.3 Å². The Hall–Kier alpha value is -2.54. The lowest BCUT2D eigenvalue weighted by Crippen LogP contribution is -2.31. The number of benzene rings is 1. The molecule has 1 N–H and O–H groups in total. The number of thioether (sulfide) groups is 1. The second-order valence-corrected chi connectivity index (χ2v) is 5.94. The van der Waals surface area contributed by atoms with Crippen LogP contribution in [0.2, 0.25) is 0 Å². The summed E-state index contributed by atoms with van der Waals surface area (Å²) in [7, 11) is 0. The van der Waals surface area contributed by atoms with E-state index in [1.807, 2.05) is 19.1 Å². The molecule has 2 aromatic rings. The van der Waals surface area contributed by atoms with Crippen molar-refractivity contribution in [3.63, 3.8) is 0 Å². The molecule has 0 radical (unpaired) electrons.